The number of benzene rings is 1. The van der Waals surface area contributed by atoms with Crippen molar-refractivity contribution in [3.8, 4) is 5.75 Å². The van der Waals surface area contributed by atoms with Gasteiger partial charge in [0.15, 0.2) is 0 Å². The quantitative estimate of drug-likeness (QED) is 0.828. The fraction of sp³-hybridized carbons (Fsp3) is 0.308. The molecule has 18 heavy (non-hydrogen) atoms. The summed E-state index contributed by atoms with van der Waals surface area (Å²) in [4.78, 5) is 5.78. The summed E-state index contributed by atoms with van der Waals surface area (Å²) in [6.45, 7) is 2.60. The van der Waals surface area contributed by atoms with Gasteiger partial charge in [0.1, 0.15) is 17.4 Å². The zero-order valence-corrected chi connectivity index (χ0v) is 12.5. The fourth-order valence-electron chi connectivity index (χ4n) is 1.57. The Morgan fingerprint density at radius 2 is 2.06 bits per heavy atom. The molecule has 1 aromatic heterocycles. The van der Waals surface area contributed by atoms with Crippen LogP contribution in [0.3, 0.4) is 0 Å². The van der Waals surface area contributed by atoms with Crippen LogP contribution in [0.15, 0.2) is 24.3 Å². The van der Waals surface area contributed by atoms with E-state index >= 15 is 0 Å². The second-order valence-electron chi connectivity index (χ2n) is 3.73. The minimum Gasteiger partial charge on any atom is -0.486 e. The first-order valence-corrected chi connectivity index (χ1v) is 7.52. The molecule has 0 atom stereocenters. The molecule has 0 aliphatic carbocycles. The largest absolute Gasteiger partial charge is 0.486 e. The van der Waals surface area contributed by atoms with Crippen molar-refractivity contribution in [2.75, 3.05) is 0 Å². The van der Waals surface area contributed by atoms with Crippen molar-refractivity contribution in [1.82, 2.24) is 4.98 Å². The molecule has 2 rings (SSSR count). The second kappa shape index (κ2) is 6.45. The van der Waals surface area contributed by atoms with Crippen molar-refractivity contribution in [2.24, 2.45) is 0 Å². The van der Waals surface area contributed by atoms with E-state index < -0.39 is 0 Å². The summed E-state index contributed by atoms with van der Waals surface area (Å²) >= 11 is 11.8. The average molecular weight is 300 g/mol. The van der Waals surface area contributed by atoms with Crippen LogP contribution in [-0.2, 0) is 18.8 Å². The highest BCUT2D eigenvalue weighted by atomic mass is 35.5. The van der Waals surface area contributed by atoms with Gasteiger partial charge in [-0.3, -0.25) is 0 Å². The molecule has 0 saturated heterocycles. The molecule has 2 aromatic rings. The summed E-state index contributed by atoms with van der Waals surface area (Å²) in [6.07, 6.45) is 0.938. The maximum absolute atomic E-state index is 5.82. The normalized spacial score (nSPS) is 10.6. The molecule has 0 saturated carbocycles. The molecule has 0 N–H and O–H groups in total. The van der Waals surface area contributed by atoms with Gasteiger partial charge in [-0.2, -0.15) is 12.6 Å². The Hall–Kier alpha value is -0.710. The standard InChI is InChI=1S/C13H14ClNOS2/c1-2-11-12(8-17)18-13(15-11)7-16-10-5-3-9(14)4-6-10/h3-6,17H,2,7-8H2,1H3. The molecule has 0 spiro atoms. The van der Waals surface area contributed by atoms with Gasteiger partial charge in [0.25, 0.3) is 0 Å². The molecule has 0 bridgehead atoms. The number of thiazole rings is 1. The first-order valence-electron chi connectivity index (χ1n) is 5.69. The molecule has 0 fully saturated rings. The van der Waals surface area contributed by atoms with E-state index in [0.717, 1.165) is 28.6 Å². The van der Waals surface area contributed by atoms with Crippen molar-refractivity contribution < 1.29 is 4.74 Å². The number of halogens is 1. The van der Waals surface area contributed by atoms with Crippen LogP contribution in [0, 0.1) is 0 Å². The summed E-state index contributed by atoms with van der Waals surface area (Å²) in [5.41, 5.74) is 1.13. The number of ether oxygens (including phenoxy) is 1. The summed E-state index contributed by atoms with van der Waals surface area (Å²) in [5, 5.41) is 1.70. The highest BCUT2D eigenvalue weighted by Crippen LogP contribution is 2.23. The lowest BCUT2D eigenvalue weighted by atomic mass is 10.3. The van der Waals surface area contributed by atoms with Gasteiger partial charge in [0.05, 0.1) is 5.69 Å². The maximum atomic E-state index is 5.82. The Morgan fingerprint density at radius 3 is 2.61 bits per heavy atom. The molecule has 2 nitrogen and oxygen atoms in total. The van der Waals surface area contributed by atoms with Crippen LogP contribution in [0.2, 0.25) is 5.02 Å². The Bertz CT molecular complexity index is 489. The van der Waals surface area contributed by atoms with Gasteiger partial charge in [-0.05, 0) is 30.7 Å². The Labute approximate surface area is 121 Å². The number of nitrogens with zero attached hydrogens (tertiary/aromatic N) is 1. The average Bonchev–Trinajstić information content (AvgIpc) is 2.80. The zero-order chi connectivity index (χ0) is 13.0. The van der Waals surface area contributed by atoms with Crippen molar-refractivity contribution in [3.05, 3.63) is 44.9 Å². The molecule has 0 amide bonds. The van der Waals surface area contributed by atoms with Gasteiger partial charge in [0.2, 0.25) is 0 Å². The molecule has 5 heteroatoms. The molecule has 0 radical (unpaired) electrons. The Balaban J connectivity index is 2.01. The van der Waals surface area contributed by atoms with E-state index in [-0.39, 0.29) is 0 Å². The van der Waals surface area contributed by atoms with Crippen LogP contribution >= 0.6 is 35.6 Å². The molecule has 96 valence electrons. The number of aromatic nitrogens is 1. The lowest BCUT2D eigenvalue weighted by Crippen LogP contribution is -1.95. The Kier molecular flexibility index (Phi) is 4.92. The van der Waals surface area contributed by atoms with Crippen LogP contribution in [0.1, 0.15) is 22.5 Å². The van der Waals surface area contributed by atoms with E-state index in [9.17, 15) is 0 Å². The molecule has 1 aromatic carbocycles. The van der Waals surface area contributed by atoms with Crippen molar-refractivity contribution in [2.45, 2.75) is 25.7 Å². The van der Waals surface area contributed by atoms with Crippen molar-refractivity contribution in [1.29, 1.82) is 0 Å². The minimum atomic E-state index is 0.493. The van der Waals surface area contributed by atoms with E-state index in [0.29, 0.717) is 11.6 Å². The van der Waals surface area contributed by atoms with E-state index in [1.54, 1.807) is 11.3 Å². The summed E-state index contributed by atoms with van der Waals surface area (Å²) in [7, 11) is 0. The summed E-state index contributed by atoms with van der Waals surface area (Å²) in [6, 6.07) is 7.34. The number of aryl methyl sites for hydroxylation is 1. The second-order valence-corrected chi connectivity index (χ2v) is 5.65. The first-order chi connectivity index (χ1) is 8.72. The van der Waals surface area contributed by atoms with Gasteiger partial charge < -0.3 is 4.74 Å². The highest BCUT2D eigenvalue weighted by molar-refractivity contribution is 7.79. The predicted octanol–water partition coefficient (Wildman–Crippen LogP) is 4.37. The van der Waals surface area contributed by atoms with Gasteiger partial charge in [0, 0.05) is 15.7 Å². The van der Waals surface area contributed by atoms with Crippen LogP contribution in [-0.4, -0.2) is 4.98 Å². The maximum Gasteiger partial charge on any atom is 0.140 e. The monoisotopic (exact) mass is 299 g/mol. The van der Waals surface area contributed by atoms with E-state index in [2.05, 4.69) is 24.5 Å². The van der Waals surface area contributed by atoms with Crippen LogP contribution in [0.5, 0.6) is 5.75 Å². The Morgan fingerprint density at radius 1 is 1.33 bits per heavy atom. The third-order valence-electron chi connectivity index (χ3n) is 2.48. The van der Waals surface area contributed by atoms with Crippen LogP contribution in [0.25, 0.3) is 0 Å². The molecule has 1 heterocycles. The van der Waals surface area contributed by atoms with Gasteiger partial charge in [-0.1, -0.05) is 18.5 Å². The third-order valence-corrected chi connectivity index (χ3v) is 4.33. The highest BCUT2D eigenvalue weighted by Gasteiger charge is 2.08. The van der Waals surface area contributed by atoms with Crippen molar-refractivity contribution >= 4 is 35.6 Å². The van der Waals surface area contributed by atoms with Gasteiger partial charge in [-0.15, -0.1) is 11.3 Å². The first kappa shape index (κ1) is 13.7. The van der Waals surface area contributed by atoms with E-state index in [1.165, 1.54) is 4.88 Å². The number of rotatable bonds is 5. The molecular weight excluding hydrogens is 286 g/mol. The van der Waals surface area contributed by atoms with Crippen LogP contribution < -0.4 is 4.74 Å². The van der Waals surface area contributed by atoms with Gasteiger partial charge >= 0.3 is 0 Å². The van der Waals surface area contributed by atoms with Crippen molar-refractivity contribution in [3.63, 3.8) is 0 Å². The molecular formula is C13H14ClNOS2. The van der Waals surface area contributed by atoms with E-state index in [4.69, 9.17) is 16.3 Å². The zero-order valence-electron chi connectivity index (χ0n) is 10.0. The number of hydrogen-bond acceptors (Lipinski definition) is 4. The topological polar surface area (TPSA) is 22.1 Å². The van der Waals surface area contributed by atoms with Gasteiger partial charge in [-0.25, -0.2) is 4.98 Å². The smallest absolute Gasteiger partial charge is 0.140 e. The number of hydrogen-bond donors (Lipinski definition) is 1. The molecule has 0 aliphatic heterocycles. The van der Waals surface area contributed by atoms with Crippen LogP contribution in [0.4, 0.5) is 0 Å². The summed E-state index contributed by atoms with van der Waals surface area (Å²) in [5.74, 6) is 1.54. The SMILES string of the molecule is CCc1nc(COc2ccc(Cl)cc2)sc1CS. The molecule has 0 unspecified atom stereocenters. The summed E-state index contributed by atoms with van der Waals surface area (Å²) < 4.78 is 5.67. The lowest BCUT2D eigenvalue weighted by molar-refractivity contribution is 0.305. The van der Waals surface area contributed by atoms with E-state index in [1.807, 2.05) is 24.3 Å². The fourth-order valence-corrected chi connectivity index (χ4v) is 3.01. The lowest BCUT2D eigenvalue weighted by Gasteiger charge is -2.03. The molecule has 0 aliphatic rings. The minimum absolute atomic E-state index is 0.493. The number of thiol groups is 1. The third kappa shape index (κ3) is 3.40. The predicted molar refractivity (Wildman–Crippen MR) is 80.0 cm³/mol.